The molecule has 4 atom stereocenters. The highest BCUT2D eigenvalue weighted by Crippen LogP contribution is 3.03. The third kappa shape index (κ3) is 13.5. The molecule has 4 aromatic rings. The van der Waals surface area contributed by atoms with Gasteiger partial charge >= 0.3 is 20.4 Å². The normalized spacial score (nSPS) is 24.7. The fourth-order valence-electron chi connectivity index (χ4n) is 9.40. The standard InChI is InChI=1S/C20H24F7N5S.C14H20ClFN4.C6H5F6NS/c1-20(2)10-14(8-15-4-3-5-32(15)20)29-18-17(22)11-28-19(31-18)30-13-6-12(21)7-16(9-13)33(23,24,25,26)27;1-14(2)7-9(6-10-4-3-5-20(10)14)18-12-11(16)8-17-13(15)19-12;7-4-1-5(13)3-6(2-4)14(8,9,10,11)12/h6-7,9,11,14-15H,3-5,8,10H2,1-2H3,(H2,28,29,30,31);8-10H,3-7H2,1-2H3,(H,17,18,19);1-3H,13H2/t14-,15+;9-,10+;/m11./s1. The molecule has 0 bridgehead atoms. The van der Waals surface area contributed by atoms with Gasteiger partial charge in [0.15, 0.2) is 23.3 Å². The minimum atomic E-state index is -10.1. The van der Waals surface area contributed by atoms with E-state index in [0.717, 1.165) is 51.0 Å². The Morgan fingerprint density at radius 2 is 1.07 bits per heavy atom. The number of rotatable bonds is 8. The van der Waals surface area contributed by atoms with Gasteiger partial charge in [0, 0.05) is 46.6 Å². The highest BCUT2D eigenvalue weighted by atomic mass is 35.5. The first kappa shape index (κ1) is 52.1. The van der Waals surface area contributed by atoms with E-state index in [1.54, 1.807) is 0 Å². The topological polar surface area (TPSA) is 120 Å². The highest BCUT2D eigenvalue weighted by molar-refractivity contribution is 8.46. The molecule has 5 N–H and O–H groups in total. The molecule has 2 aromatic carbocycles. The minimum Gasteiger partial charge on any atom is -0.399 e. The van der Waals surface area contributed by atoms with Gasteiger partial charge in [0.1, 0.15) is 21.4 Å². The lowest BCUT2D eigenvalue weighted by molar-refractivity contribution is 0.0498. The SMILES string of the molecule is CC1(C)C[C@H](Nc2nc(Cl)ncc2F)C[C@@H]2CCCN21.CC1(C)C[C@H](Nc2nc(Nc3cc(F)cc(S(F)(F)(F)(F)F)c3)ncc2F)C[C@@H]2CCCN21.Nc1cc(F)cc(S(F)(F)(F)(F)F)c1. The van der Waals surface area contributed by atoms with Crippen LogP contribution in [0.1, 0.15) is 79.1 Å². The van der Waals surface area contributed by atoms with Crippen molar-refractivity contribution in [1.82, 2.24) is 29.7 Å². The number of anilines is 5. The van der Waals surface area contributed by atoms with Crippen molar-refractivity contribution >= 4 is 61.0 Å². The third-order valence-electron chi connectivity index (χ3n) is 12.0. The molecule has 4 aliphatic rings. The summed E-state index contributed by atoms with van der Waals surface area (Å²) in [6.45, 7) is 10.9. The number of benzene rings is 2. The second-order valence-electron chi connectivity index (χ2n) is 18.4. The summed E-state index contributed by atoms with van der Waals surface area (Å²) < 4.78 is 180. The van der Waals surface area contributed by atoms with Crippen LogP contribution in [-0.2, 0) is 0 Å². The molecule has 8 rings (SSSR count). The first-order valence-electron chi connectivity index (χ1n) is 20.7. The lowest BCUT2D eigenvalue weighted by atomic mass is 9.84. The largest absolute Gasteiger partial charge is 0.399 e. The van der Waals surface area contributed by atoms with E-state index in [9.17, 15) is 56.4 Å². The number of hydrogen-bond donors (Lipinski definition) is 4. The van der Waals surface area contributed by atoms with E-state index in [0.29, 0.717) is 30.6 Å². The third-order valence-corrected chi connectivity index (χ3v) is 14.4. The average Bonchev–Trinajstić information content (AvgIpc) is 3.84. The zero-order chi connectivity index (χ0) is 49.9. The number of nitrogens with two attached hydrogens (primary N) is 1. The van der Waals surface area contributed by atoms with Crippen LogP contribution < -0.4 is 21.7 Å². The number of nitrogens with zero attached hydrogens (tertiary/aromatic N) is 6. The number of hydrogen-bond acceptors (Lipinski definition) is 10. The molecule has 67 heavy (non-hydrogen) atoms. The van der Waals surface area contributed by atoms with Crippen LogP contribution in [0.25, 0.3) is 0 Å². The Bertz CT molecular complexity index is 2470. The van der Waals surface area contributed by atoms with Gasteiger partial charge in [-0.15, -0.1) is 0 Å². The zero-order valence-corrected chi connectivity index (χ0v) is 38.6. The molecular formula is C40H49ClF14N10S2. The number of nitrogen functional groups attached to an aromatic ring is 1. The van der Waals surface area contributed by atoms with Crippen LogP contribution in [0, 0.1) is 23.3 Å². The van der Waals surface area contributed by atoms with Crippen molar-refractivity contribution in [2.45, 2.75) is 124 Å². The van der Waals surface area contributed by atoms with Gasteiger partial charge in [0.05, 0.1) is 12.4 Å². The summed E-state index contributed by atoms with van der Waals surface area (Å²) in [5.41, 5.74) is 3.51. The van der Waals surface area contributed by atoms with Crippen molar-refractivity contribution in [1.29, 1.82) is 0 Å². The highest BCUT2D eigenvalue weighted by Gasteiger charge is 2.66. The van der Waals surface area contributed by atoms with Gasteiger partial charge in [-0.3, -0.25) is 9.80 Å². The minimum absolute atomic E-state index is 0.00460. The maximum atomic E-state index is 14.4. The molecule has 6 heterocycles. The van der Waals surface area contributed by atoms with Crippen molar-refractivity contribution in [2.75, 3.05) is 34.8 Å². The molecule has 376 valence electrons. The van der Waals surface area contributed by atoms with Gasteiger partial charge in [0.25, 0.3) is 0 Å². The van der Waals surface area contributed by atoms with E-state index in [-0.39, 0.29) is 70.3 Å². The molecule has 0 amide bonds. The molecule has 0 spiro atoms. The summed E-state index contributed by atoms with van der Waals surface area (Å²) in [4.78, 5) is 15.5. The van der Waals surface area contributed by atoms with Crippen molar-refractivity contribution in [3.63, 3.8) is 0 Å². The number of nitrogens with one attached hydrogen (secondary N) is 3. The van der Waals surface area contributed by atoms with Crippen molar-refractivity contribution in [3.8, 4) is 0 Å². The summed E-state index contributed by atoms with van der Waals surface area (Å²) in [6, 6.07) is 1.70. The summed E-state index contributed by atoms with van der Waals surface area (Å²) >= 11 is 5.74. The van der Waals surface area contributed by atoms with Gasteiger partial charge < -0.3 is 21.7 Å². The fourth-order valence-corrected chi connectivity index (χ4v) is 10.9. The molecule has 0 saturated carbocycles. The molecule has 0 aliphatic carbocycles. The quantitative estimate of drug-likeness (QED) is 0.0771. The van der Waals surface area contributed by atoms with Crippen LogP contribution in [0.5, 0.6) is 0 Å². The second-order valence-corrected chi connectivity index (χ2v) is 23.5. The molecule has 2 aromatic heterocycles. The van der Waals surface area contributed by atoms with Crippen molar-refractivity contribution < 1.29 is 56.4 Å². The fraction of sp³-hybridized carbons (Fsp3) is 0.500. The molecule has 4 fully saturated rings. The Morgan fingerprint density at radius 1 is 0.627 bits per heavy atom. The van der Waals surface area contributed by atoms with Gasteiger partial charge in [-0.1, -0.05) is 38.9 Å². The molecule has 27 heteroatoms. The maximum Gasteiger partial charge on any atom is 0.310 e. The van der Waals surface area contributed by atoms with Crippen LogP contribution in [0.2, 0.25) is 5.28 Å². The number of aromatic nitrogens is 4. The molecule has 0 unspecified atom stereocenters. The smallest absolute Gasteiger partial charge is 0.310 e. The number of halogens is 15. The van der Waals surface area contributed by atoms with Gasteiger partial charge in [-0.25, -0.2) is 27.5 Å². The predicted octanol–water partition coefficient (Wildman–Crippen LogP) is 14.1. The van der Waals surface area contributed by atoms with Gasteiger partial charge in [0.2, 0.25) is 11.2 Å². The molecule has 4 saturated heterocycles. The lowest BCUT2D eigenvalue weighted by Gasteiger charge is -2.47. The number of fused-ring (bicyclic) bond motifs is 2. The maximum absolute atomic E-state index is 14.4. The number of piperidine rings is 2. The van der Waals surface area contributed by atoms with Crippen molar-refractivity contribution in [3.05, 3.63) is 77.3 Å². The van der Waals surface area contributed by atoms with E-state index in [2.05, 4.69) is 73.4 Å². The summed E-state index contributed by atoms with van der Waals surface area (Å²) in [5, 5.41) is 8.60. The van der Waals surface area contributed by atoms with Crippen LogP contribution in [-0.4, -0.2) is 78.1 Å². The Morgan fingerprint density at radius 3 is 1.55 bits per heavy atom. The molecule has 10 nitrogen and oxygen atoms in total. The van der Waals surface area contributed by atoms with E-state index in [4.69, 9.17) is 17.3 Å². The average molecular weight is 1040 g/mol. The Hall–Kier alpha value is -4.27. The van der Waals surface area contributed by atoms with E-state index in [1.807, 2.05) is 0 Å². The van der Waals surface area contributed by atoms with E-state index in [1.165, 1.54) is 19.4 Å². The summed E-state index contributed by atoms with van der Waals surface area (Å²) in [7, 11) is -19.9. The van der Waals surface area contributed by atoms with Crippen LogP contribution in [0.3, 0.4) is 0 Å². The van der Waals surface area contributed by atoms with Gasteiger partial charge in [-0.2, -0.15) is 9.97 Å². The van der Waals surface area contributed by atoms with Crippen molar-refractivity contribution in [2.24, 2.45) is 0 Å². The first-order chi connectivity index (χ1) is 30.3. The van der Waals surface area contributed by atoms with E-state index >= 15 is 0 Å². The van der Waals surface area contributed by atoms with Crippen LogP contribution >= 0.6 is 32.0 Å². The Labute approximate surface area is 382 Å². The zero-order valence-electron chi connectivity index (χ0n) is 36.2. The Kier molecular flexibility index (Phi) is 13.0. The van der Waals surface area contributed by atoms with E-state index < -0.39 is 64.9 Å². The van der Waals surface area contributed by atoms with Crippen LogP contribution in [0.15, 0.2) is 58.6 Å². The summed E-state index contributed by atoms with van der Waals surface area (Å²) in [5.74, 6) is -4.51. The lowest BCUT2D eigenvalue weighted by Crippen LogP contribution is -2.55. The molecule has 0 radical (unpaired) electrons. The first-order valence-corrected chi connectivity index (χ1v) is 25.0. The monoisotopic (exact) mass is 1030 g/mol. The molecule has 4 aliphatic heterocycles. The Balaban J connectivity index is 0.000000184. The van der Waals surface area contributed by atoms with Gasteiger partial charge in [-0.05, 0) is 140 Å². The van der Waals surface area contributed by atoms with Crippen LogP contribution in [0.4, 0.5) is 85.4 Å². The second kappa shape index (κ2) is 16.7. The predicted molar refractivity (Wildman–Crippen MR) is 233 cm³/mol. The molecular weight excluding hydrogens is 986 g/mol. The summed E-state index contributed by atoms with van der Waals surface area (Å²) in [6.07, 6.45) is 10.0.